The van der Waals surface area contributed by atoms with E-state index >= 15 is 0 Å². The largest absolute Gasteiger partial charge is 0.351 e. The van der Waals surface area contributed by atoms with E-state index in [-0.39, 0.29) is 0 Å². The summed E-state index contributed by atoms with van der Waals surface area (Å²) in [5.41, 5.74) is 4.71. The first-order valence-electron chi connectivity index (χ1n) is 41.6. The number of para-hydroxylation sites is 4. The molecule has 0 radical (unpaired) electrons. The Hall–Kier alpha value is -8.81. The van der Waals surface area contributed by atoms with Gasteiger partial charge < -0.3 is 9.13 Å². The molecule has 0 spiro atoms. The molecule has 6 aromatic carbocycles. The Morgan fingerprint density at radius 1 is 0.170 bits per heavy atom. The number of hydrogen-bond acceptors (Lipinski definition) is 5. The van der Waals surface area contributed by atoms with Gasteiger partial charge in [0.05, 0.1) is 11.0 Å². The van der Waals surface area contributed by atoms with E-state index in [0.717, 1.165) is 11.0 Å². The molecule has 0 aliphatic carbocycles. The van der Waals surface area contributed by atoms with Crippen molar-refractivity contribution in [2.24, 2.45) is 14.1 Å². The monoisotopic (exact) mass is 1460 g/mol. The zero-order valence-electron chi connectivity index (χ0n) is 77.1. The van der Waals surface area contributed by atoms with Crippen LogP contribution >= 0.6 is 0 Å². The number of fused-ring (bicyclic) bond motifs is 6. The zero-order valence-corrected chi connectivity index (χ0v) is 77.1. The number of aromatic nitrogens is 7. The lowest BCUT2D eigenvalue weighted by Crippen LogP contribution is -1.81. The van der Waals surface area contributed by atoms with Crippen molar-refractivity contribution in [1.82, 2.24) is 34.1 Å². The van der Waals surface area contributed by atoms with Crippen molar-refractivity contribution >= 4 is 65.2 Å². The number of nitrogens with zero attached hydrogens (tertiary/aromatic N) is 7. The Morgan fingerprint density at radius 3 is 0.623 bits per heavy atom. The summed E-state index contributed by atoms with van der Waals surface area (Å²) < 4.78 is 4.24. The molecular formula is C99H171N7. The second kappa shape index (κ2) is 126. The Morgan fingerprint density at radius 2 is 0.396 bits per heavy atom. The van der Waals surface area contributed by atoms with Gasteiger partial charge in [-0.2, -0.15) is 0 Å². The first kappa shape index (κ1) is 130. The van der Waals surface area contributed by atoms with Gasteiger partial charge in [0.15, 0.2) is 0 Å². The Bertz CT molecular complexity index is 2790. The van der Waals surface area contributed by atoms with Crippen LogP contribution in [0.4, 0.5) is 0 Å². The summed E-state index contributed by atoms with van der Waals surface area (Å²) in [7, 11) is 4.12. The molecule has 0 saturated carbocycles. The predicted octanol–water partition coefficient (Wildman–Crippen LogP) is 34.9. The lowest BCUT2D eigenvalue weighted by Gasteiger charge is -1.92. The third kappa shape index (κ3) is 70.8. The van der Waals surface area contributed by atoms with Gasteiger partial charge in [-0.1, -0.05) is 416 Å². The summed E-state index contributed by atoms with van der Waals surface area (Å²) in [5.74, 6) is 0. The number of pyridine rings is 5. The van der Waals surface area contributed by atoms with Crippen LogP contribution in [0.2, 0.25) is 0 Å². The van der Waals surface area contributed by atoms with Gasteiger partial charge in [0, 0.05) is 97.9 Å². The average molecular weight is 1460 g/mol. The molecule has 106 heavy (non-hydrogen) atoms. The molecule has 7 heterocycles. The van der Waals surface area contributed by atoms with Crippen LogP contribution in [0.15, 0.2) is 274 Å². The number of hydrogen-bond donors (Lipinski definition) is 0. The first-order chi connectivity index (χ1) is 52.6. The fraction of sp³-hybridized carbons (Fsp3) is 0.424. The molecule has 7 aromatic heterocycles. The highest BCUT2D eigenvalue weighted by Crippen LogP contribution is 2.15. The van der Waals surface area contributed by atoms with Crippen LogP contribution in [-0.4, -0.2) is 34.1 Å². The van der Waals surface area contributed by atoms with Crippen LogP contribution in [0.5, 0.6) is 0 Å². The quantitative estimate of drug-likeness (QED) is 0.151. The summed E-state index contributed by atoms with van der Waals surface area (Å²) in [6.07, 6.45) is 18.6. The average Bonchev–Trinajstić information content (AvgIpc) is 1.78. The topological polar surface area (TPSA) is 74.3 Å². The summed E-state index contributed by atoms with van der Waals surface area (Å²) in [4.78, 5) is 20.2. The van der Waals surface area contributed by atoms with Crippen molar-refractivity contribution < 1.29 is 0 Å². The van der Waals surface area contributed by atoms with Crippen molar-refractivity contribution in [2.75, 3.05) is 0 Å². The highest BCUT2D eigenvalue weighted by Gasteiger charge is 1.94. The van der Waals surface area contributed by atoms with Gasteiger partial charge in [-0.3, -0.25) is 24.9 Å². The number of benzene rings is 6. The third-order valence-corrected chi connectivity index (χ3v) is 10.3. The molecule has 0 atom stereocenters. The Kier molecular flexibility index (Phi) is 154. The zero-order chi connectivity index (χ0) is 85.4. The summed E-state index contributed by atoms with van der Waals surface area (Å²) >= 11 is 0. The molecule has 0 saturated heterocycles. The van der Waals surface area contributed by atoms with E-state index in [4.69, 9.17) is 0 Å². The fourth-order valence-corrected chi connectivity index (χ4v) is 6.84. The van der Waals surface area contributed by atoms with Crippen LogP contribution < -0.4 is 0 Å². The summed E-state index contributed by atoms with van der Waals surface area (Å²) in [6.45, 7) is 80.0. The predicted molar refractivity (Wildman–Crippen MR) is 504 cm³/mol. The van der Waals surface area contributed by atoms with Gasteiger partial charge in [0.1, 0.15) is 0 Å². The smallest absolute Gasteiger partial charge is 0.0701 e. The molecule has 13 rings (SSSR count). The van der Waals surface area contributed by atoms with Gasteiger partial charge in [-0.15, -0.1) is 0 Å². The van der Waals surface area contributed by atoms with Crippen molar-refractivity contribution in [3.8, 4) is 0 Å². The minimum Gasteiger partial charge on any atom is -0.351 e. The third-order valence-electron chi connectivity index (χ3n) is 10.3. The summed E-state index contributed by atoms with van der Waals surface area (Å²) in [5, 5.41) is 9.91. The minimum atomic E-state index is 1.06. The van der Waals surface area contributed by atoms with Crippen LogP contribution in [-0.2, 0) is 14.1 Å². The highest BCUT2D eigenvalue weighted by molar-refractivity contribution is 5.83. The van der Waals surface area contributed by atoms with E-state index in [1.807, 2.05) is 417 Å². The van der Waals surface area contributed by atoms with Gasteiger partial charge in [0.2, 0.25) is 0 Å². The molecule has 13 aromatic rings. The number of aryl methyl sites for hydroxylation is 2. The second-order valence-electron chi connectivity index (χ2n) is 14.8. The van der Waals surface area contributed by atoms with Crippen LogP contribution in [0, 0.1) is 0 Å². The molecule has 0 aliphatic heterocycles. The first-order valence-corrected chi connectivity index (χ1v) is 41.6. The fourth-order valence-electron chi connectivity index (χ4n) is 6.84. The van der Waals surface area contributed by atoms with E-state index in [0.29, 0.717) is 0 Å². The molecule has 0 unspecified atom stereocenters. The maximum absolute atomic E-state index is 4.18. The molecule has 0 fully saturated rings. The van der Waals surface area contributed by atoms with Crippen molar-refractivity contribution in [3.63, 3.8) is 0 Å². The maximum atomic E-state index is 4.18. The van der Waals surface area contributed by atoms with Crippen molar-refractivity contribution in [1.29, 1.82) is 0 Å². The Labute approximate surface area is 660 Å². The van der Waals surface area contributed by atoms with Crippen LogP contribution in [0.3, 0.4) is 0 Å². The van der Waals surface area contributed by atoms with E-state index in [1.54, 1.807) is 12.4 Å². The van der Waals surface area contributed by atoms with E-state index < -0.39 is 0 Å². The lowest BCUT2D eigenvalue weighted by atomic mass is 10.2. The number of rotatable bonds is 0. The normalized spacial score (nSPS) is 7.34. The SMILES string of the molecule is CC.CC.CC.CC.CC.CC.CC.CC.CC.CC.CC.CC.CC.CC.CC.CC.CC.CC.CC.CC.Cn1ccc2ccccc21.Cn1ccc2ccccc21.c1ccc2cnccc2c1.c1ccc2cnccc2c1.c1ccc2ncccc2c1.c1ccc2ncccc2c1.c1ccncc1. The maximum Gasteiger partial charge on any atom is 0.0701 e. The van der Waals surface area contributed by atoms with Gasteiger partial charge >= 0.3 is 0 Å². The molecule has 0 N–H and O–H groups in total. The van der Waals surface area contributed by atoms with Gasteiger partial charge in [-0.25, -0.2) is 0 Å². The highest BCUT2D eigenvalue weighted by atomic mass is 14.9. The molecule has 7 nitrogen and oxygen atoms in total. The molecule has 0 amide bonds. The van der Waals surface area contributed by atoms with E-state index in [1.165, 1.54) is 54.1 Å². The van der Waals surface area contributed by atoms with E-state index in [9.17, 15) is 0 Å². The van der Waals surface area contributed by atoms with Crippen LogP contribution in [0.25, 0.3) is 65.2 Å². The molecular weight excluding hydrogens is 1290 g/mol. The van der Waals surface area contributed by atoms with Crippen molar-refractivity contribution in [2.45, 2.75) is 277 Å². The van der Waals surface area contributed by atoms with Gasteiger partial charge in [0.25, 0.3) is 0 Å². The molecule has 0 bridgehead atoms. The van der Waals surface area contributed by atoms with Crippen molar-refractivity contribution in [3.05, 3.63) is 274 Å². The van der Waals surface area contributed by atoms with Crippen LogP contribution in [0.1, 0.15) is 277 Å². The second-order valence-corrected chi connectivity index (χ2v) is 14.8. The minimum absolute atomic E-state index is 1.06. The molecule has 7 heteroatoms. The molecule has 602 valence electrons. The molecule has 0 aliphatic rings. The Balaban J connectivity index is -0.0000000721. The van der Waals surface area contributed by atoms with Gasteiger partial charge in [-0.05, 0) is 105 Å². The lowest BCUT2D eigenvalue weighted by molar-refractivity contribution is 0.969. The summed E-state index contributed by atoms with van der Waals surface area (Å²) in [6, 6.07) is 71.2. The van der Waals surface area contributed by atoms with E-state index in [2.05, 4.69) is 170 Å². The standard InChI is InChI=1S/2C9H9N.4C9H7N.C5H5N.20C2H6/c2*1-10-7-6-8-4-2-3-5-9(8)10;2*1-2-6-9-8(4-1)5-3-7-10-9;2*1-2-4-9-7-10-6-5-8(9)3-1;1-2-4-6-5-3-1;20*1-2/h2*2-7H,1H3;4*1-7H;1-5H;20*1-2H3.